The van der Waals surface area contributed by atoms with Crippen molar-refractivity contribution in [1.29, 1.82) is 0 Å². The van der Waals surface area contributed by atoms with Crippen LogP contribution in [0.5, 0.6) is 0 Å². The molecule has 1 saturated heterocycles. The number of aryl methyl sites for hydroxylation is 1. The highest BCUT2D eigenvalue weighted by molar-refractivity contribution is 6.10. The second-order valence-corrected chi connectivity index (χ2v) is 7.80. The van der Waals surface area contributed by atoms with E-state index in [4.69, 9.17) is 4.98 Å². The number of piperidine rings is 1. The maximum absolute atomic E-state index is 13.8. The van der Waals surface area contributed by atoms with Gasteiger partial charge in [-0.2, -0.15) is 5.21 Å². The van der Waals surface area contributed by atoms with Crippen LogP contribution in [0.15, 0.2) is 54.7 Å². The molecule has 2 N–H and O–H groups in total. The molecule has 1 aliphatic rings. The Labute approximate surface area is 179 Å². The van der Waals surface area contributed by atoms with Gasteiger partial charge in [0.1, 0.15) is 5.82 Å². The van der Waals surface area contributed by atoms with Gasteiger partial charge in [0.2, 0.25) is 5.82 Å². The van der Waals surface area contributed by atoms with Crippen LogP contribution >= 0.6 is 0 Å². The first kappa shape index (κ1) is 19.3. The van der Waals surface area contributed by atoms with E-state index in [0.29, 0.717) is 11.4 Å². The Bertz CT molecular complexity index is 1190. The minimum atomic E-state index is -0.0587. The van der Waals surface area contributed by atoms with Gasteiger partial charge in [0.05, 0.1) is 6.04 Å². The van der Waals surface area contributed by atoms with Crippen LogP contribution in [0.4, 0.5) is 5.82 Å². The van der Waals surface area contributed by atoms with Crippen molar-refractivity contribution in [3.8, 4) is 11.4 Å². The zero-order valence-electron chi connectivity index (χ0n) is 17.2. The fraction of sp³-hybridized carbons (Fsp3) is 0.261. The minimum Gasteiger partial charge on any atom is -0.315 e. The first-order chi connectivity index (χ1) is 15.2. The molecule has 0 spiro atoms. The Hall–Kier alpha value is -3.65. The highest BCUT2D eigenvalue weighted by atomic mass is 16.2. The number of nitrogens with one attached hydrogen (secondary N) is 2. The molecule has 8 heteroatoms. The molecule has 1 atom stereocenters. The first-order valence-electron chi connectivity index (χ1n) is 10.4. The molecule has 0 saturated carbocycles. The van der Waals surface area contributed by atoms with Gasteiger partial charge in [0.15, 0.2) is 0 Å². The molecule has 2 aromatic heterocycles. The molecule has 2 aromatic carbocycles. The lowest BCUT2D eigenvalue weighted by molar-refractivity contribution is 0.0972. The Morgan fingerprint density at radius 2 is 2.00 bits per heavy atom. The Balaban J connectivity index is 1.58. The summed E-state index contributed by atoms with van der Waals surface area (Å²) in [4.78, 5) is 20.4. The van der Waals surface area contributed by atoms with Crippen LogP contribution in [-0.4, -0.2) is 50.6 Å². The average molecular weight is 413 g/mol. The number of aromatic nitrogens is 5. The van der Waals surface area contributed by atoms with E-state index in [9.17, 15) is 4.79 Å². The molecule has 8 nitrogen and oxygen atoms in total. The number of hydrogen-bond acceptors (Lipinski definition) is 6. The van der Waals surface area contributed by atoms with Crippen molar-refractivity contribution < 1.29 is 4.79 Å². The van der Waals surface area contributed by atoms with Crippen LogP contribution in [0.25, 0.3) is 22.2 Å². The largest absolute Gasteiger partial charge is 0.315 e. The van der Waals surface area contributed by atoms with Crippen molar-refractivity contribution in [2.24, 2.45) is 0 Å². The van der Waals surface area contributed by atoms with E-state index >= 15 is 0 Å². The highest BCUT2D eigenvalue weighted by Gasteiger charge is 2.30. The van der Waals surface area contributed by atoms with E-state index in [1.807, 2.05) is 41.3 Å². The van der Waals surface area contributed by atoms with Crippen molar-refractivity contribution in [3.05, 3.63) is 65.9 Å². The summed E-state index contributed by atoms with van der Waals surface area (Å²) in [6.45, 7) is 3.78. The van der Waals surface area contributed by atoms with Crippen molar-refractivity contribution >= 4 is 22.5 Å². The number of carbonyl (C=O) groups is 1. The molecule has 156 valence electrons. The number of benzene rings is 2. The van der Waals surface area contributed by atoms with Crippen molar-refractivity contribution in [2.45, 2.75) is 25.8 Å². The molecule has 0 bridgehead atoms. The third-order valence-electron chi connectivity index (χ3n) is 5.80. The van der Waals surface area contributed by atoms with Gasteiger partial charge in [0.25, 0.3) is 5.91 Å². The van der Waals surface area contributed by atoms with Crippen LogP contribution in [0.3, 0.4) is 0 Å². The molecule has 3 heterocycles. The number of aromatic amines is 1. The van der Waals surface area contributed by atoms with E-state index in [1.165, 1.54) is 0 Å². The minimum absolute atomic E-state index is 0.0378. The summed E-state index contributed by atoms with van der Waals surface area (Å²) in [5, 5.41) is 19.6. The Morgan fingerprint density at radius 3 is 2.74 bits per heavy atom. The van der Waals surface area contributed by atoms with Crippen molar-refractivity contribution in [3.63, 3.8) is 0 Å². The fourth-order valence-electron chi connectivity index (χ4n) is 4.24. The van der Waals surface area contributed by atoms with Gasteiger partial charge in [-0.25, -0.2) is 4.98 Å². The van der Waals surface area contributed by atoms with E-state index < -0.39 is 0 Å². The summed E-state index contributed by atoms with van der Waals surface area (Å²) in [7, 11) is 0. The van der Waals surface area contributed by atoms with Gasteiger partial charge in [0, 0.05) is 29.3 Å². The van der Waals surface area contributed by atoms with Crippen molar-refractivity contribution in [1.82, 2.24) is 30.9 Å². The van der Waals surface area contributed by atoms with Gasteiger partial charge in [-0.15, -0.1) is 10.2 Å². The molecule has 1 amide bonds. The number of fused-ring (bicyclic) bond motifs is 1. The maximum Gasteiger partial charge on any atom is 0.259 e. The number of pyridine rings is 1. The van der Waals surface area contributed by atoms with Crippen LogP contribution < -0.4 is 10.2 Å². The molecule has 1 unspecified atom stereocenters. The molecule has 1 fully saturated rings. The normalized spacial score (nSPS) is 16.4. The monoisotopic (exact) mass is 413 g/mol. The van der Waals surface area contributed by atoms with Crippen LogP contribution in [0.2, 0.25) is 0 Å². The van der Waals surface area contributed by atoms with Gasteiger partial charge in [-0.3, -0.25) is 9.69 Å². The third-order valence-corrected chi connectivity index (χ3v) is 5.80. The van der Waals surface area contributed by atoms with Crippen LogP contribution in [0.1, 0.15) is 28.8 Å². The summed E-state index contributed by atoms with van der Waals surface area (Å²) in [6.07, 6.45) is 3.74. The number of anilines is 1. The second kappa shape index (κ2) is 8.23. The summed E-state index contributed by atoms with van der Waals surface area (Å²) >= 11 is 0. The van der Waals surface area contributed by atoms with Gasteiger partial charge in [-0.05, 0) is 60.7 Å². The van der Waals surface area contributed by atoms with E-state index in [1.54, 1.807) is 6.20 Å². The SMILES string of the molecule is Cc1cccc2ccnc(N(C(=O)c3ccc(-c4nn[nH]n4)cc3)C3CCCNC3)c12. The predicted octanol–water partition coefficient (Wildman–Crippen LogP) is 3.12. The standard InChI is InChI=1S/C23H23N7O/c1-15-4-2-5-16-11-13-25-22(20(15)16)30(19-6-3-12-24-14-19)23(31)18-9-7-17(8-10-18)21-26-28-29-27-21/h2,4-5,7-11,13,19,24H,3,6,12,14H2,1H3,(H,26,27,28,29). The molecule has 1 aliphatic heterocycles. The Morgan fingerprint density at radius 1 is 1.13 bits per heavy atom. The number of carbonyl (C=O) groups excluding carboxylic acids is 1. The lowest BCUT2D eigenvalue weighted by Gasteiger charge is -2.35. The lowest BCUT2D eigenvalue weighted by atomic mass is 10.0. The van der Waals surface area contributed by atoms with E-state index in [0.717, 1.165) is 53.6 Å². The second-order valence-electron chi connectivity index (χ2n) is 7.80. The molecule has 4 aromatic rings. The number of amides is 1. The van der Waals surface area contributed by atoms with Crippen LogP contribution in [0, 0.1) is 6.92 Å². The smallest absolute Gasteiger partial charge is 0.259 e. The zero-order valence-corrected chi connectivity index (χ0v) is 17.2. The average Bonchev–Trinajstić information content (AvgIpc) is 3.35. The summed E-state index contributed by atoms with van der Waals surface area (Å²) in [5.41, 5.74) is 2.51. The number of tetrazole rings is 1. The third kappa shape index (κ3) is 3.66. The number of nitrogens with zero attached hydrogens (tertiary/aromatic N) is 5. The first-order valence-corrected chi connectivity index (χ1v) is 10.4. The van der Waals surface area contributed by atoms with E-state index in [2.05, 4.69) is 45.0 Å². The Kier molecular flexibility index (Phi) is 5.13. The van der Waals surface area contributed by atoms with Crippen LogP contribution in [-0.2, 0) is 0 Å². The van der Waals surface area contributed by atoms with Gasteiger partial charge in [-0.1, -0.05) is 30.3 Å². The molecule has 31 heavy (non-hydrogen) atoms. The quantitative estimate of drug-likeness (QED) is 0.533. The fourth-order valence-corrected chi connectivity index (χ4v) is 4.24. The summed E-state index contributed by atoms with van der Waals surface area (Å²) in [6, 6.07) is 15.5. The van der Waals surface area contributed by atoms with Crippen molar-refractivity contribution in [2.75, 3.05) is 18.0 Å². The highest BCUT2D eigenvalue weighted by Crippen LogP contribution is 2.31. The molecule has 0 radical (unpaired) electrons. The molecular formula is C23H23N7O. The number of hydrogen-bond donors (Lipinski definition) is 2. The summed E-state index contributed by atoms with van der Waals surface area (Å²) < 4.78 is 0. The predicted molar refractivity (Wildman–Crippen MR) is 119 cm³/mol. The van der Waals surface area contributed by atoms with Gasteiger partial charge >= 0.3 is 0 Å². The van der Waals surface area contributed by atoms with E-state index in [-0.39, 0.29) is 11.9 Å². The topological polar surface area (TPSA) is 99.7 Å². The lowest BCUT2D eigenvalue weighted by Crippen LogP contribution is -2.49. The number of H-pyrrole nitrogens is 1. The molecule has 5 rings (SSSR count). The maximum atomic E-state index is 13.8. The zero-order chi connectivity index (χ0) is 21.2. The molecule has 0 aliphatic carbocycles. The number of rotatable bonds is 4. The summed E-state index contributed by atoms with van der Waals surface area (Å²) in [5.74, 6) is 1.16. The van der Waals surface area contributed by atoms with Gasteiger partial charge < -0.3 is 5.32 Å². The molecular weight excluding hydrogens is 390 g/mol.